The van der Waals surface area contributed by atoms with Gasteiger partial charge in [0.05, 0.1) is 10.8 Å². The lowest BCUT2D eigenvalue weighted by atomic mass is 9.68. The molecule has 0 aliphatic heterocycles. The molecule has 0 atom stereocenters. The van der Waals surface area contributed by atoms with Crippen LogP contribution in [-0.2, 0) is 4.79 Å². The van der Waals surface area contributed by atoms with Crippen molar-refractivity contribution >= 4 is 26.7 Å². The Bertz CT molecular complexity index is 521. The molecule has 4 aliphatic carbocycles. The number of carbonyl (C=O) groups is 1. The van der Waals surface area contributed by atoms with Crippen LogP contribution in [0.5, 0.6) is 0 Å². The molecule has 0 saturated heterocycles. The van der Waals surface area contributed by atoms with E-state index in [-0.39, 0.29) is 5.92 Å². The normalized spacial score (nSPS) is 35.8. The van der Waals surface area contributed by atoms with E-state index in [4.69, 9.17) is 5.11 Å². The topological polar surface area (TPSA) is 37.3 Å². The molecule has 20 heavy (non-hydrogen) atoms. The second-order valence-electron chi connectivity index (χ2n) is 6.74. The Morgan fingerprint density at radius 2 is 1.55 bits per heavy atom. The Kier molecular flexibility index (Phi) is 3.34. The van der Waals surface area contributed by atoms with Crippen molar-refractivity contribution in [2.75, 3.05) is 0 Å². The number of aliphatic carboxylic acids is 1. The second-order valence-corrected chi connectivity index (χ2v) is 8.96. The van der Waals surface area contributed by atoms with Crippen LogP contribution in [0.3, 0.4) is 0 Å². The number of carboxylic acids is 1. The largest absolute Gasteiger partial charge is 0.481 e. The van der Waals surface area contributed by atoms with Crippen molar-refractivity contribution in [1.82, 2.24) is 0 Å². The fourth-order valence-corrected chi connectivity index (χ4v) is 8.14. The van der Waals surface area contributed by atoms with Gasteiger partial charge in [0.25, 0.3) is 10.3 Å². The van der Waals surface area contributed by atoms with Gasteiger partial charge in [-0.15, -0.1) is 0 Å². The van der Waals surface area contributed by atoms with Gasteiger partial charge in [-0.25, -0.2) is 0 Å². The Labute approximate surface area is 127 Å². The molecule has 1 aromatic rings. The molecule has 1 aromatic heterocycles. The Balaban J connectivity index is 1.58. The molecule has 4 aliphatic rings. The van der Waals surface area contributed by atoms with Crippen LogP contribution in [0.15, 0.2) is 0 Å². The van der Waals surface area contributed by atoms with Crippen LogP contribution in [0.25, 0.3) is 0 Å². The lowest BCUT2D eigenvalue weighted by molar-refractivity contribution is -0.142. The van der Waals surface area contributed by atoms with E-state index >= 15 is 0 Å². The Hall–Kier alpha value is -0.480. The quantitative estimate of drug-likeness (QED) is 0.602. The van der Waals surface area contributed by atoms with E-state index in [0.717, 1.165) is 37.5 Å². The third-order valence-corrected chi connectivity index (χ3v) is 8.58. The van der Waals surface area contributed by atoms with Crippen molar-refractivity contribution in [3.63, 3.8) is 0 Å². The van der Waals surface area contributed by atoms with Gasteiger partial charge in [-0.2, -0.15) is 0 Å². The summed E-state index contributed by atoms with van der Waals surface area (Å²) in [6.07, 6.45) is 9.57. The highest BCUT2D eigenvalue weighted by Gasteiger charge is 2.45. The van der Waals surface area contributed by atoms with Crippen molar-refractivity contribution in [2.45, 2.75) is 69.1 Å². The molecule has 5 rings (SSSR count). The molecule has 2 nitrogen and oxygen atoms in total. The van der Waals surface area contributed by atoms with Crippen molar-refractivity contribution in [3.8, 4) is 0 Å². The van der Waals surface area contributed by atoms with Crippen LogP contribution < -0.4 is 0 Å². The van der Waals surface area contributed by atoms with Gasteiger partial charge in [-0.1, -0.05) is 0 Å². The lowest BCUT2D eigenvalue weighted by Gasteiger charge is -2.34. The predicted molar refractivity (Wildman–Crippen MR) is 82.9 cm³/mol. The van der Waals surface area contributed by atoms with Crippen LogP contribution in [0.4, 0.5) is 0 Å². The minimum absolute atomic E-state index is 0.0813. The molecular weight excluding hydrogens is 288 g/mol. The highest BCUT2D eigenvalue weighted by Crippen LogP contribution is 2.57. The molecule has 0 amide bonds. The third kappa shape index (κ3) is 2.03. The zero-order chi connectivity index (χ0) is 13.7. The molecule has 2 bridgehead atoms. The SMILES string of the molecule is O=C(O)C1CCC(c2s[s+]c3c2C2CCC3CC2)CC1. The van der Waals surface area contributed by atoms with Crippen molar-refractivity contribution < 1.29 is 9.90 Å². The summed E-state index contributed by atoms with van der Waals surface area (Å²) in [5, 5.41) is 9.14. The van der Waals surface area contributed by atoms with Gasteiger partial charge in [0.15, 0.2) is 10.3 Å². The fourth-order valence-electron chi connectivity index (χ4n) is 4.53. The minimum atomic E-state index is -0.585. The first-order valence-corrected chi connectivity index (χ1v) is 10.1. The van der Waals surface area contributed by atoms with E-state index in [0.29, 0.717) is 5.92 Å². The summed E-state index contributed by atoms with van der Waals surface area (Å²) in [6.45, 7) is 0. The number of rotatable bonds is 2. The molecule has 4 heteroatoms. The van der Waals surface area contributed by atoms with Crippen molar-refractivity contribution in [3.05, 3.63) is 15.3 Å². The maximum Gasteiger partial charge on any atom is 0.306 e. The molecule has 0 radical (unpaired) electrons. The summed E-state index contributed by atoms with van der Waals surface area (Å²) in [5.74, 6) is 1.70. The monoisotopic (exact) mass is 309 g/mol. The molecule has 1 heterocycles. The Morgan fingerprint density at radius 1 is 0.950 bits per heavy atom. The van der Waals surface area contributed by atoms with Crippen molar-refractivity contribution in [1.29, 1.82) is 0 Å². The first-order valence-electron chi connectivity index (χ1n) is 7.92. The fraction of sp³-hybridized carbons (Fsp3) is 0.750. The van der Waals surface area contributed by atoms with Gasteiger partial charge < -0.3 is 5.11 Å². The number of hydrogen-bond donors (Lipinski definition) is 1. The molecule has 1 N–H and O–H groups in total. The van der Waals surface area contributed by atoms with Crippen LogP contribution in [0.2, 0.25) is 0 Å². The average Bonchev–Trinajstić information content (AvgIpc) is 2.95. The first kappa shape index (κ1) is 13.2. The second kappa shape index (κ2) is 5.06. The molecular formula is C16H21O2S2+. The van der Waals surface area contributed by atoms with E-state index in [2.05, 4.69) is 0 Å². The maximum absolute atomic E-state index is 11.1. The van der Waals surface area contributed by atoms with Gasteiger partial charge >= 0.3 is 5.97 Å². The lowest BCUT2D eigenvalue weighted by Crippen LogP contribution is -2.23. The molecule has 2 saturated carbocycles. The number of carboxylic acid groups (broad SMARTS) is 1. The molecule has 108 valence electrons. The zero-order valence-electron chi connectivity index (χ0n) is 11.6. The highest BCUT2D eigenvalue weighted by molar-refractivity contribution is 7.69. The van der Waals surface area contributed by atoms with Crippen LogP contribution in [-0.4, -0.2) is 11.1 Å². The van der Waals surface area contributed by atoms with Crippen LogP contribution in [0, 0.1) is 5.92 Å². The van der Waals surface area contributed by atoms with E-state index in [1.165, 1.54) is 25.7 Å². The van der Waals surface area contributed by atoms with Gasteiger partial charge in [-0.3, -0.25) is 4.79 Å². The minimum Gasteiger partial charge on any atom is -0.481 e. The molecule has 2 fully saturated rings. The van der Waals surface area contributed by atoms with E-state index < -0.39 is 5.97 Å². The molecule has 0 spiro atoms. The van der Waals surface area contributed by atoms with Gasteiger partial charge in [0.2, 0.25) is 4.88 Å². The van der Waals surface area contributed by atoms with Gasteiger partial charge in [0.1, 0.15) is 0 Å². The van der Waals surface area contributed by atoms with E-state index in [1.807, 2.05) is 20.7 Å². The van der Waals surface area contributed by atoms with Crippen molar-refractivity contribution in [2.24, 2.45) is 5.92 Å². The van der Waals surface area contributed by atoms with Crippen LogP contribution in [0.1, 0.15) is 84.4 Å². The van der Waals surface area contributed by atoms with Gasteiger partial charge in [-0.05, 0) is 63.2 Å². The summed E-state index contributed by atoms with van der Waals surface area (Å²) < 4.78 is 0. The Morgan fingerprint density at radius 3 is 2.20 bits per heavy atom. The summed E-state index contributed by atoms with van der Waals surface area (Å²) in [5.41, 5.74) is 1.74. The highest BCUT2D eigenvalue weighted by atomic mass is 32.9. The first-order chi connectivity index (χ1) is 9.74. The summed E-state index contributed by atoms with van der Waals surface area (Å²) >= 11 is 0. The average molecular weight is 309 g/mol. The number of fused-ring (bicyclic) bond motifs is 2. The maximum atomic E-state index is 11.1. The summed E-state index contributed by atoms with van der Waals surface area (Å²) in [6, 6.07) is 0. The third-order valence-electron chi connectivity index (χ3n) is 5.71. The molecule has 0 unspecified atom stereocenters. The zero-order valence-corrected chi connectivity index (χ0v) is 13.3. The van der Waals surface area contributed by atoms with E-state index in [9.17, 15) is 4.79 Å². The number of hydrogen-bond acceptors (Lipinski definition) is 2. The standard InChI is InChI=1S/C16H20O2S2/c17-16(18)12-7-5-11(6-8-12)15-13-9-1-3-10(4-2-9)14(13)19-20-15/h9-12H,1-8H2/p+1. The molecule has 0 aromatic carbocycles. The summed E-state index contributed by atoms with van der Waals surface area (Å²) in [4.78, 5) is 14.5. The van der Waals surface area contributed by atoms with Crippen LogP contribution >= 0.6 is 20.7 Å². The smallest absolute Gasteiger partial charge is 0.306 e. The van der Waals surface area contributed by atoms with E-state index in [1.54, 1.807) is 15.3 Å². The predicted octanol–water partition coefficient (Wildman–Crippen LogP) is 5.20. The van der Waals surface area contributed by atoms with Gasteiger partial charge in [0, 0.05) is 11.5 Å². The summed E-state index contributed by atoms with van der Waals surface area (Å²) in [7, 11) is 4.06.